The predicted molar refractivity (Wildman–Crippen MR) is 92.4 cm³/mol. The minimum absolute atomic E-state index is 0.155. The zero-order chi connectivity index (χ0) is 15.6. The van der Waals surface area contributed by atoms with Gasteiger partial charge >= 0.3 is 0 Å². The summed E-state index contributed by atoms with van der Waals surface area (Å²) in [5.74, 6) is -0.258. The smallest absolute Gasteiger partial charge is 0.256 e. The lowest BCUT2D eigenvalue weighted by atomic mass is 10.2. The molecular weight excluding hydrogens is 423 g/mol. The van der Waals surface area contributed by atoms with E-state index in [0.29, 0.717) is 16.8 Å². The zero-order valence-electron chi connectivity index (χ0n) is 11.3. The van der Waals surface area contributed by atoms with Gasteiger partial charge in [0, 0.05) is 11.1 Å². The number of thiophene rings is 1. The minimum Gasteiger partial charge on any atom is -0.322 e. The van der Waals surface area contributed by atoms with Crippen molar-refractivity contribution < 1.29 is 13.2 Å². The molecule has 112 valence electrons. The van der Waals surface area contributed by atoms with E-state index in [2.05, 4.69) is 32.6 Å². The molecule has 5 nitrogen and oxygen atoms in total. The van der Waals surface area contributed by atoms with E-state index in [4.69, 9.17) is 0 Å². The Labute approximate surface area is 141 Å². The molecule has 0 saturated carbocycles. The molecule has 1 aromatic heterocycles. The van der Waals surface area contributed by atoms with Gasteiger partial charge in [-0.3, -0.25) is 4.79 Å². The quantitative estimate of drug-likeness (QED) is 0.724. The van der Waals surface area contributed by atoms with E-state index < -0.39 is 10.0 Å². The molecule has 1 heterocycles. The van der Waals surface area contributed by atoms with E-state index in [9.17, 15) is 13.2 Å². The number of amides is 1. The van der Waals surface area contributed by atoms with Gasteiger partial charge in [-0.05, 0) is 60.3 Å². The fourth-order valence-corrected chi connectivity index (χ4v) is 4.03. The highest BCUT2D eigenvalue weighted by atomic mass is 127. The van der Waals surface area contributed by atoms with Crippen molar-refractivity contribution in [1.29, 1.82) is 0 Å². The summed E-state index contributed by atoms with van der Waals surface area (Å²) >= 11 is 3.62. The van der Waals surface area contributed by atoms with Crippen molar-refractivity contribution in [2.75, 3.05) is 12.4 Å². The SMILES string of the molecule is CNS(=O)(=O)c1cc(NC(=O)c2csc(I)c2)ccc1C. The van der Waals surface area contributed by atoms with Crippen LogP contribution in [0.5, 0.6) is 0 Å². The van der Waals surface area contributed by atoms with Crippen molar-refractivity contribution >= 4 is 55.5 Å². The lowest BCUT2D eigenvalue weighted by molar-refractivity contribution is 0.102. The van der Waals surface area contributed by atoms with Gasteiger partial charge in [0.15, 0.2) is 0 Å². The summed E-state index contributed by atoms with van der Waals surface area (Å²) in [6, 6.07) is 6.58. The van der Waals surface area contributed by atoms with Gasteiger partial charge in [-0.1, -0.05) is 6.07 Å². The Hall–Kier alpha value is -0.970. The number of aryl methyl sites for hydroxylation is 1. The molecule has 0 atom stereocenters. The van der Waals surface area contributed by atoms with Crippen LogP contribution in [0.3, 0.4) is 0 Å². The fraction of sp³-hybridized carbons (Fsp3) is 0.154. The third-order valence-corrected chi connectivity index (χ3v) is 6.18. The summed E-state index contributed by atoms with van der Waals surface area (Å²) in [6.07, 6.45) is 0. The van der Waals surface area contributed by atoms with Crippen LogP contribution in [0.15, 0.2) is 34.5 Å². The van der Waals surface area contributed by atoms with Gasteiger partial charge < -0.3 is 5.32 Å². The maximum atomic E-state index is 12.1. The van der Waals surface area contributed by atoms with Crippen LogP contribution in [-0.2, 0) is 10.0 Å². The number of hydrogen-bond acceptors (Lipinski definition) is 4. The van der Waals surface area contributed by atoms with Crippen molar-refractivity contribution in [1.82, 2.24) is 4.72 Å². The summed E-state index contributed by atoms with van der Waals surface area (Å²) in [5.41, 5.74) is 1.62. The average Bonchev–Trinajstić information content (AvgIpc) is 2.87. The van der Waals surface area contributed by atoms with E-state index in [1.165, 1.54) is 24.5 Å². The van der Waals surface area contributed by atoms with E-state index in [0.717, 1.165) is 2.88 Å². The van der Waals surface area contributed by atoms with Gasteiger partial charge in [-0.15, -0.1) is 11.3 Å². The first-order valence-electron chi connectivity index (χ1n) is 5.93. The molecule has 0 bridgehead atoms. The Morgan fingerprint density at radius 1 is 1.29 bits per heavy atom. The molecule has 0 aliphatic carbocycles. The first kappa shape index (κ1) is 16.4. The van der Waals surface area contributed by atoms with Gasteiger partial charge in [-0.25, -0.2) is 13.1 Å². The number of benzene rings is 1. The van der Waals surface area contributed by atoms with Crippen LogP contribution < -0.4 is 10.0 Å². The Morgan fingerprint density at radius 2 is 2.00 bits per heavy atom. The molecule has 0 aliphatic heterocycles. The number of carbonyl (C=O) groups is 1. The normalized spacial score (nSPS) is 11.4. The third-order valence-electron chi connectivity index (χ3n) is 2.83. The average molecular weight is 436 g/mol. The number of nitrogens with one attached hydrogen (secondary N) is 2. The summed E-state index contributed by atoms with van der Waals surface area (Å²) in [7, 11) is -2.19. The molecule has 2 N–H and O–H groups in total. The van der Waals surface area contributed by atoms with Crippen LogP contribution in [0.1, 0.15) is 15.9 Å². The standard InChI is InChI=1S/C13H13IN2O3S2/c1-8-3-4-10(6-11(8)21(18,19)15-2)16-13(17)9-5-12(14)20-7-9/h3-7,15H,1-2H3,(H,16,17). The molecule has 8 heteroatoms. The second kappa shape index (κ2) is 6.42. The zero-order valence-corrected chi connectivity index (χ0v) is 15.1. The van der Waals surface area contributed by atoms with Crippen molar-refractivity contribution in [3.8, 4) is 0 Å². The molecule has 0 saturated heterocycles. The largest absolute Gasteiger partial charge is 0.322 e. The summed E-state index contributed by atoms with van der Waals surface area (Å²) in [6.45, 7) is 1.71. The van der Waals surface area contributed by atoms with Gasteiger partial charge in [0.05, 0.1) is 13.3 Å². The van der Waals surface area contributed by atoms with Crippen LogP contribution in [0.4, 0.5) is 5.69 Å². The molecule has 1 aromatic carbocycles. The first-order chi connectivity index (χ1) is 9.83. The van der Waals surface area contributed by atoms with E-state index in [1.807, 2.05) is 0 Å². The lowest BCUT2D eigenvalue weighted by Crippen LogP contribution is -2.20. The molecule has 0 spiro atoms. The van der Waals surface area contributed by atoms with Crippen LogP contribution in [0.2, 0.25) is 0 Å². The van der Waals surface area contributed by atoms with Gasteiger partial charge in [0.25, 0.3) is 5.91 Å². The highest BCUT2D eigenvalue weighted by Crippen LogP contribution is 2.22. The Kier molecular flexibility index (Phi) is 5.02. The molecule has 0 aliphatic rings. The molecule has 2 aromatic rings. The van der Waals surface area contributed by atoms with Crippen molar-refractivity contribution in [2.24, 2.45) is 0 Å². The molecule has 1 amide bonds. The molecule has 0 fully saturated rings. The Balaban J connectivity index is 2.30. The number of rotatable bonds is 4. The van der Waals surface area contributed by atoms with Gasteiger partial charge in [0.2, 0.25) is 10.0 Å². The van der Waals surface area contributed by atoms with Crippen LogP contribution in [0, 0.1) is 9.81 Å². The topological polar surface area (TPSA) is 75.3 Å². The Bertz CT molecular complexity index is 784. The highest BCUT2D eigenvalue weighted by Gasteiger charge is 2.16. The predicted octanol–water partition coefficient (Wildman–Crippen LogP) is 2.82. The Morgan fingerprint density at radius 3 is 2.57 bits per heavy atom. The summed E-state index contributed by atoms with van der Waals surface area (Å²) in [5, 5.41) is 4.47. The molecule has 2 rings (SSSR count). The second-order valence-electron chi connectivity index (χ2n) is 4.28. The maximum absolute atomic E-state index is 12.1. The highest BCUT2D eigenvalue weighted by molar-refractivity contribution is 14.1. The van der Waals surface area contributed by atoms with Gasteiger partial charge in [-0.2, -0.15) is 0 Å². The van der Waals surface area contributed by atoms with Crippen molar-refractivity contribution in [2.45, 2.75) is 11.8 Å². The summed E-state index contributed by atoms with van der Waals surface area (Å²) < 4.78 is 27.1. The van der Waals surface area contributed by atoms with E-state index >= 15 is 0 Å². The maximum Gasteiger partial charge on any atom is 0.256 e. The minimum atomic E-state index is -3.55. The van der Waals surface area contributed by atoms with Crippen molar-refractivity contribution in [3.63, 3.8) is 0 Å². The van der Waals surface area contributed by atoms with Crippen LogP contribution >= 0.6 is 33.9 Å². The monoisotopic (exact) mass is 436 g/mol. The van der Waals surface area contributed by atoms with Gasteiger partial charge in [0.1, 0.15) is 0 Å². The number of carbonyl (C=O) groups excluding carboxylic acids is 1. The molecule has 0 radical (unpaired) electrons. The summed E-state index contributed by atoms with van der Waals surface area (Å²) in [4.78, 5) is 12.2. The lowest BCUT2D eigenvalue weighted by Gasteiger charge is -2.10. The first-order valence-corrected chi connectivity index (χ1v) is 9.37. The second-order valence-corrected chi connectivity index (χ2v) is 8.94. The fourth-order valence-electron chi connectivity index (χ4n) is 1.71. The van der Waals surface area contributed by atoms with Crippen LogP contribution in [-0.4, -0.2) is 21.4 Å². The third kappa shape index (κ3) is 3.82. The number of anilines is 1. The molecule has 0 unspecified atom stereocenters. The number of hydrogen-bond donors (Lipinski definition) is 2. The van der Waals surface area contributed by atoms with Crippen molar-refractivity contribution in [3.05, 3.63) is 43.7 Å². The molecule has 21 heavy (non-hydrogen) atoms. The number of sulfonamides is 1. The van der Waals surface area contributed by atoms with E-state index in [1.54, 1.807) is 30.5 Å². The molecular formula is C13H13IN2O3S2. The van der Waals surface area contributed by atoms with E-state index in [-0.39, 0.29) is 10.8 Å². The number of halogens is 1. The van der Waals surface area contributed by atoms with Crippen LogP contribution in [0.25, 0.3) is 0 Å².